The first-order chi connectivity index (χ1) is 4.31. The maximum absolute atomic E-state index is 10.3. The zero-order valence-electron chi connectivity index (χ0n) is 5.00. The summed E-state index contributed by atoms with van der Waals surface area (Å²) in [7, 11) is 0. The second-order valence-electron chi connectivity index (χ2n) is 1.13. The Morgan fingerprint density at radius 3 is 2.56 bits per heavy atom. The molecule has 0 saturated heterocycles. The third-order valence-electron chi connectivity index (χ3n) is 0.534. The van der Waals surface area contributed by atoms with E-state index < -0.39 is 5.97 Å². The van der Waals surface area contributed by atoms with Gasteiger partial charge in [-0.15, -0.1) is 0 Å². The zero-order chi connectivity index (χ0) is 7.11. The molecule has 0 bridgehead atoms. The highest BCUT2D eigenvalue weighted by Crippen LogP contribution is 1.80. The van der Waals surface area contributed by atoms with Crippen LogP contribution in [-0.2, 0) is 14.3 Å². The Balaban J connectivity index is 3.26. The summed E-state index contributed by atoms with van der Waals surface area (Å²) in [5.41, 5.74) is 0. The third kappa shape index (κ3) is 4.61. The van der Waals surface area contributed by atoms with Crippen LogP contribution >= 0.6 is 0 Å². The van der Waals surface area contributed by atoms with Gasteiger partial charge in [0, 0.05) is 0 Å². The molecule has 0 spiro atoms. The second kappa shape index (κ2) is 4.90. The van der Waals surface area contributed by atoms with Gasteiger partial charge in [0.05, 0.1) is 12.5 Å². The lowest BCUT2D eigenvalue weighted by molar-refractivity contribution is -0.141. The molecule has 0 saturated carbocycles. The summed E-state index contributed by atoms with van der Waals surface area (Å²) in [6, 6.07) is 0. The average Bonchev–Trinajstić information content (AvgIpc) is 1.85. The van der Waals surface area contributed by atoms with Crippen LogP contribution in [-0.4, -0.2) is 12.6 Å². The molecular weight excluding hydrogens is 120 g/mol. The Morgan fingerprint density at radius 2 is 2.11 bits per heavy atom. The van der Waals surface area contributed by atoms with Gasteiger partial charge in [0.25, 0.3) is 0 Å². The topological polar surface area (TPSA) is 35.5 Å². The molecule has 0 rings (SSSR count). The van der Waals surface area contributed by atoms with Crippen LogP contribution in [0.15, 0.2) is 25.7 Å². The molecule has 0 aromatic heterocycles. The second-order valence-corrected chi connectivity index (χ2v) is 1.13. The van der Waals surface area contributed by atoms with Gasteiger partial charge in [-0.1, -0.05) is 13.2 Å². The molecule has 0 atom stereocenters. The van der Waals surface area contributed by atoms with Crippen molar-refractivity contribution in [3.05, 3.63) is 25.7 Å². The van der Waals surface area contributed by atoms with E-state index in [0.29, 0.717) is 0 Å². The van der Waals surface area contributed by atoms with E-state index in [0.717, 1.165) is 6.26 Å². The molecule has 3 nitrogen and oxygen atoms in total. The van der Waals surface area contributed by atoms with Gasteiger partial charge in [-0.25, -0.2) is 4.79 Å². The molecule has 0 aromatic carbocycles. The van der Waals surface area contributed by atoms with Crippen molar-refractivity contribution in [3.63, 3.8) is 0 Å². The molecule has 0 radical (unpaired) electrons. The summed E-state index contributed by atoms with van der Waals surface area (Å²) in [5.74, 6) is -0.482. The van der Waals surface area contributed by atoms with E-state index >= 15 is 0 Å². The Bertz CT molecular complexity index is 117. The highest BCUT2D eigenvalue weighted by Gasteiger charge is 1.96. The van der Waals surface area contributed by atoms with Crippen LogP contribution < -0.4 is 0 Å². The predicted molar refractivity (Wildman–Crippen MR) is 32.4 cm³/mol. The summed E-state index contributed by atoms with van der Waals surface area (Å²) < 4.78 is 8.79. The van der Waals surface area contributed by atoms with Gasteiger partial charge in [-0.3, -0.25) is 0 Å². The standard InChI is InChI=1S/C6H8O3/c1-3-8-5-6(7)9-4-2/h3-4H,1-2,5H2. The van der Waals surface area contributed by atoms with Gasteiger partial charge in [-0.2, -0.15) is 0 Å². The van der Waals surface area contributed by atoms with Crippen molar-refractivity contribution in [2.75, 3.05) is 6.61 Å². The number of rotatable bonds is 4. The number of esters is 1. The lowest BCUT2D eigenvalue weighted by Crippen LogP contribution is -2.06. The van der Waals surface area contributed by atoms with Gasteiger partial charge < -0.3 is 9.47 Å². The number of hydrogen-bond acceptors (Lipinski definition) is 3. The van der Waals surface area contributed by atoms with Crippen molar-refractivity contribution in [2.45, 2.75) is 0 Å². The lowest BCUT2D eigenvalue weighted by atomic mass is 10.7. The normalized spacial score (nSPS) is 7.56. The smallest absolute Gasteiger partial charge is 0.348 e. The maximum Gasteiger partial charge on any atom is 0.348 e. The molecule has 0 N–H and O–H groups in total. The largest absolute Gasteiger partial charge is 0.490 e. The minimum atomic E-state index is -0.482. The van der Waals surface area contributed by atoms with Gasteiger partial charge in [-0.05, 0) is 0 Å². The first kappa shape index (κ1) is 7.75. The van der Waals surface area contributed by atoms with Crippen LogP contribution in [0, 0.1) is 0 Å². The van der Waals surface area contributed by atoms with E-state index in [-0.39, 0.29) is 6.61 Å². The molecule has 0 unspecified atom stereocenters. The van der Waals surface area contributed by atoms with Gasteiger partial charge in [0.1, 0.15) is 0 Å². The van der Waals surface area contributed by atoms with Gasteiger partial charge in [0.2, 0.25) is 0 Å². The van der Waals surface area contributed by atoms with E-state index in [1.165, 1.54) is 6.26 Å². The van der Waals surface area contributed by atoms with E-state index in [9.17, 15) is 4.79 Å². The van der Waals surface area contributed by atoms with Crippen molar-refractivity contribution in [3.8, 4) is 0 Å². The van der Waals surface area contributed by atoms with Crippen molar-refractivity contribution in [1.82, 2.24) is 0 Å². The molecule has 0 heterocycles. The molecule has 9 heavy (non-hydrogen) atoms. The summed E-state index contributed by atoms with van der Waals surface area (Å²) in [4.78, 5) is 10.3. The third-order valence-corrected chi connectivity index (χ3v) is 0.534. The first-order valence-corrected chi connectivity index (χ1v) is 2.34. The highest BCUT2D eigenvalue weighted by atomic mass is 16.6. The Labute approximate surface area is 53.6 Å². The van der Waals surface area contributed by atoms with Crippen LogP contribution in [0.25, 0.3) is 0 Å². The van der Waals surface area contributed by atoms with Crippen molar-refractivity contribution < 1.29 is 14.3 Å². The first-order valence-electron chi connectivity index (χ1n) is 2.34. The van der Waals surface area contributed by atoms with Crippen LogP contribution in [0.4, 0.5) is 0 Å². The van der Waals surface area contributed by atoms with Crippen LogP contribution in [0.3, 0.4) is 0 Å². The van der Waals surface area contributed by atoms with E-state index in [1.54, 1.807) is 0 Å². The highest BCUT2D eigenvalue weighted by molar-refractivity contribution is 5.71. The van der Waals surface area contributed by atoms with Crippen LogP contribution in [0.2, 0.25) is 0 Å². The summed E-state index contributed by atoms with van der Waals surface area (Å²) in [5, 5.41) is 0. The fourth-order valence-electron chi connectivity index (χ4n) is 0.254. The van der Waals surface area contributed by atoms with E-state index in [1.807, 2.05) is 0 Å². The summed E-state index contributed by atoms with van der Waals surface area (Å²) in [6.07, 6.45) is 2.22. The molecular formula is C6H8O3. The fraction of sp³-hybridized carbons (Fsp3) is 0.167. The maximum atomic E-state index is 10.3. The van der Waals surface area contributed by atoms with Gasteiger partial charge >= 0.3 is 5.97 Å². The molecule has 0 aliphatic rings. The molecule has 3 heteroatoms. The summed E-state index contributed by atoms with van der Waals surface area (Å²) >= 11 is 0. The lowest BCUT2D eigenvalue weighted by Gasteiger charge is -1.95. The molecule has 0 aliphatic carbocycles. The fourth-order valence-corrected chi connectivity index (χ4v) is 0.254. The quantitative estimate of drug-likeness (QED) is 0.415. The molecule has 50 valence electrons. The minimum absolute atomic E-state index is 0.116. The van der Waals surface area contributed by atoms with E-state index in [4.69, 9.17) is 0 Å². The average molecular weight is 128 g/mol. The molecule has 0 aromatic rings. The van der Waals surface area contributed by atoms with Crippen LogP contribution in [0.5, 0.6) is 0 Å². The number of ether oxygens (including phenoxy) is 2. The summed E-state index contributed by atoms with van der Waals surface area (Å²) in [6.45, 7) is 6.31. The molecule has 0 amide bonds. The zero-order valence-corrected chi connectivity index (χ0v) is 5.00. The monoisotopic (exact) mass is 128 g/mol. The Hall–Kier alpha value is -1.25. The Kier molecular flexibility index (Phi) is 4.22. The Morgan fingerprint density at radius 1 is 1.44 bits per heavy atom. The van der Waals surface area contributed by atoms with Crippen molar-refractivity contribution >= 4 is 5.97 Å². The number of carbonyl (C=O) groups is 1. The van der Waals surface area contributed by atoms with Crippen LogP contribution in [0.1, 0.15) is 0 Å². The van der Waals surface area contributed by atoms with Crippen molar-refractivity contribution in [2.24, 2.45) is 0 Å². The number of carbonyl (C=O) groups excluding carboxylic acids is 1. The van der Waals surface area contributed by atoms with Gasteiger partial charge in [0.15, 0.2) is 6.61 Å². The molecule has 0 fully saturated rings. The molecule has 0 aliphatic heterocycles. The minimum Gasteiger partial charge on any atom is -0.490 e. The predicted octanol–water partition coefficient (Wildman–Crippen LogP) is 0.833. The SMILES string of the molecule is C=COCC(=O)OC=C. The van der Waals surface area contributed by atoms with Crippen molar-refractivity contribution in [1.29, 1.82) is 0 Å². The van der Waals surface area contributed by atoms with E-state index in [2.05, 4.69) is 22.6 Å². The number of hydrogen-bond donors (Lipinski definition) is 0.